The summed E-state index contributed by atoms with van der Waals surface area (Å²) in [7, 11) is -2.86. The van der Waals surface area contributed by atoms with E-state index in [0.717, 1.165) is 30.8 Å². The van der Waals surface area contributed by atoms with E-state index >= 15 is 0 Å². The number of rotatable bonds is 2. The third kappa shape index (κ3) is 3.17. The number of piperazine rings is 1. The van der Waals surface area contributed by atoms with Gasteiger partial charge in [-0.15, -0.1) is 0 Å². The minimum absolute atomic E-state index is 0.0237. The summed E-state index contributed by atoms with van der Waals surface area (Å²) in [5.41, 5.74) is 1.59. The highest BCUT2D eigenvalue weighted by Gasteiger charge is 2.35. The predicted molar refractivity (Wildman–Crippen MR) is 87.5 cm³/mol. The number of carbonyl (C=O) groups excluding carboxylic acids is 1. The lowest BCUT2D eigenvalue weighted by molar-refractivity contribution is 0.0585. The van der Waals surface area contributed by atoms with Crippen molar-refractivity contribution in [3.63, 3.8) is 0 Å². The standard InChI is InChI=1S/C16H24N2O4S/c1-11-12(2)22-13(3)15(11)16(19)18-7-5-17(6-8-18)14-4-9-23(20,21)10-14/h14H,4-10H2,1-3H3/t14-/m1/s1. The second-order valence-corrected chi connectivity index (χ2v) is 8.83. The Morgan fingerprint density at radius 1 is 1.09 bits per heavy atom. The van der Waals surface area contributed by atoms with E-state index in [2.05, 4.69) is 4.90 Å². The largest absolute Gasteiger partial charge is 0.466 e. The van der Waals surface area contributed by atoms with E-state index in [1.807, 2.05) is 25.7 Å². The Morgan fingerprint density at radius 2 is 1.74 bits per heavy atom. The molecule has 1 aromatic rings. The van der Waals surface area contributed by atoms with Crippen LogP contribution in [0.25, 0.3) is 0 Å². The topological polar surface area (TPSA) is 70.8 Å². The Kier molecular flexibility index (Phi) is 4.27. The molecule has 128 valence electrons. The number of furan rings is 1. The van der Waals surface area contributed by atoms with Crippen molar-refractivity contribution in [1.29, 1.82) is 0 Å². The molecule has 2 fully saturated rings. The Labute approximate surface area is 137 Å². The molecule has 0 aromatic carbocycles. The molecular formula is C16H24N2O4S. The summed E-state index contributed by atoms with van der Waals surface area (Å²) < 4.78 is 28.8. The fraction of sp³-hybridized carbons (Fsp3) is 0.688. The fourth-order valence-electron chi connectivity index (χ4n) is 3.62. The molecule has 7 heteroatoms. The maximum atomic E-state index is 12.7. The maximum absolute atomic E-state index is 12.7. The summed E-state index contributed by atoms with van der Waals surface area (Å²) in [6, 6.07) is 0.122. The summed E-state index contributed by atoms with van der Waals surface area (Å²) in [5, 5.41) is 0. The normalized spacial score (nSPS) is 25.0. The first kappa shape index (κ1) is 16.5. The summed E-state index contributed by atoms with van der Waals surface area (Å²) in [6.07, 6.45) is 0.718. The second kappa shape index (κ2) is 5.94. The average Bonchev–Trinajstić information content (AvgIpc) is 2.98. The van der Waals surface area contributed by atoms with Gasteiger partial charge in [-0.05, 0) is 27.2 Å². The van der Waals surface area contributed by atoms with Gasteiger partial charge in [0.2, 0.25) is 0 Å². The molecule has 0 radical (unpaired) electrons. The number of amides is 1. The molecule has 0 spiro atoms. The Bertz CT molecular complexity index is 715. The van der Waals surface area contributed by atoms with Crippen molar-refractivity contribution < 1.29 is 17.6 Å². The molecule has 2 aliphatic rings. The molecule has 2 aliphatic heterocycles. The van der Waals surface area contributed by atoms with Gasteiger partial charge in [0, 0.05) is 37.8 Å². The van der Waals surface area contributed by atoms with Gasteiger partial charge in [0.15, 0.2) is 9.84 Å². The molecule has 0 unspecified atom stereocenters. The molecule has 1 amide bonds. The lowest BCUT2D eigenvalue weighted by Crippen LogP contribution is -2.52. The van der Waals surface area contributed by atoms with Crippen molar-refractivity contribution in [2.45, 2.75) is 33.2 Å². The van der Waals surface area contributed by atoms with Crippen LogP contribution in [0.4, 0.5) is 0 Å². The third-order valence-corrected chi connectivity index (χ3v) is 6.85. The van der Waals surface area contributed by atoms with Gasteiger partial charge in [-0.2, -0.15) is 0 Å². The summed E-state index contributed by atoms with van der Waals surface area (Å²) in [4.78, 5) is 16.8. The third-order valence-electron chi connectivity index (χ3n) is 5.10. The lowest BCUT2D eigenvalue weighted by atomic mass is 10.1. The van der Waals surface area contributed by atoms with Crippen LogP contribution in [0.3, 0.4) is 0 Å². The van der Waals surface area contributed by atoms with Gasteiger partial charge in [0.05, 0.1) is 17.1 Å². The van der Waals surface area contributed by atoms with Crippen LogP contribution in [-0.4, -0.2) is 67.9 Å². The van der Waals surface area contributed by atoms with Crippen LogP contribution >= 0.6 is 0 Å². The zero-order valence-corrected chi connectivity index (χ0v) is 14.8. The van der Waals surface area contributed by atoms with Crippen LogP contribution < -0.4 is 0 Å². The van der Waals surface area contributed by atoms with Crippen molar-refractivity contribution in [3.8, 4) is 0 Å². The van der Waals surface area contributed by atoms with E-state index in [9.17, 15) is 13.2 Å². The van der Waals surface area contributed by atoms with Crippen LogP contribution in [0.15, 0.2) is 4.42 Å². The first-order valence-corrected chi connectivity index (χ1v) is 9.91. The lowest BCUT2D eigenvalue weighted by Gasteiger charge is -2.37. The monoisotopic (exact) mass is 340 g/mol. The molecule has 0 saturated carbocycles. The zero-order chi connectivity index (χ0) is 16.8. The van der Waals surface area contributed by atoms with Crippen LogP contribution in [0, 0.1) is 20.8 Å². The van der Waals surface area contributed by atoms with Crippen LogP contribution in [0.5, 0.6) is 0 Å². The zero-order valence-electron chi connectivity index (χ0n) is 14.0. The molecule has 6 nitrogen and oxygen atoms in total. The van der Waals surface area contributed by atoms with E-state index in [1.165, 1.54) is 0 Å². The van der Waals surface area contributed by atoms with Crippen molar-refractivity contribution in [3.05, 3.63) is 22.6 Å². The highest BCUT2D eigenvalue weighted by molar-refractivity contribution is 7.91. The fourth-order valence-corrected chi connectivity index (χ4v) is 5.38. The number of hydrogen-bond acceptors (Lipinski definition) is 5. The highest BCUT2D eigenvalue weighted by Crippen LogP contribution is 2.24. The Hall–Kier alpha value is -1.34. The molecular weight excluding hydrogens is 316 g/mol. The summed E-state index contributed by atoms with van der Waals surface area (Å²) in [6.45, 7) is 8.36. The molecule has 1 aromatic heterocycles. The van der Waals surface area contributed by atoms with Crippen LogP contribution in [0.2, 0.25) is 0 Å². The maximum Gasteiger partial charge on any atom is 0.257 e. The first-order chi connectivity index (χ1) is 10.8. The second-order valence-electron chi connectivity index (χ2n) is 6.60. The Morgan fingerprint density at radius 3 is 2.22 bits per heavy atom. The smallest absolute Gasteiger partial charge is 0.257 e. The number of aryl methyl sites for hydroxylation is 2. The van der Waals surface area contributed by atoms with Gasteiger partial charge >= 0.3 is 0 Å². The van der Waals surface area contributed by atoms with E-state index < -0.39 is 9.84 Å². The average molecular weight is 340 g/mol. The molecule has 0 N–H and O–H groups in total. The van der Waals surface area contributed by atoms with Crippen LogP contribution in [0.1, 0.15) is 33.9 Å². The molecule has 0 bridgehead atoms. The van der Waals surface area contributed by atoms with Gasteiger partial charge in [-0.3, -0.25) is 9.69 Å². The number of nitrogens with zero attached hydrogens (tertiary/aromatic N) is 2. The molecule has 3 rings (SSSR count). The minimum Gasteiger partial charge on any atom is -0.466 e. The quantitative estimate of drug-likeness (QED) is 0.808. The highest BCUT2D eigenvalue weighted by atomic mass is 32.2. The van der Waals surface area contributed by atoms with Crippen molar-refractivity contribution >= 4 is 15.7 Å². The van der Waals surface area contributed by atoms with Gasteiger partial charge in [-0.1, -0.05) is 0 Å². The van der Waals surface area contributed by atoms with Crippen molar-refractivity contribution in [2.24, 2.45) is 0 Å². The number of hydrogen-bond donors (Lipinski definition) is 0. The van der Waals surface area contributed by atoms with E-state index in [-0.39, 0.29) is 17.7 Å². The van der Waals surface area contributed by atoms with Crippen molar-refractivity contribution in [1.82, 2.24) is 9.80 Å². The SMILES string of the molecule is Cc1oc(C)c(C(=O)N2CCN([C@@H]3CCS(=O)(=O)C3)CC2)c1C. The van der Waals surface area contributed by atoms with E-state index in [0.29, 0.717) is 30.2 Å². The van der Waals surface area contributed by atoms with Gasteiger partial charge in [0.25, 0.3) is 5.91 Å². The molecule has 3 heterocycles. The van der Waals surface area contributed by atoms with Gasteiger partial charge in [-0.25, -0.2) is 8.42 Å². The van der Waals surface area contributed by atoms with E-state index in [1.54, 1.807) is 0 Å². The van der Waals surface area contributed by atoms with Crippen LogP contribution in [-0.2, 0) is 9.84 Å². The Balaban J connectivity index is 1.64. The minimum atomic E-state index is -2.86. The van der Waals surface area contributed by atoms with Gasteiger partial charge in [0.1, 0.15) is 11.5 Å². The molecule has 23 heavy (non-hydrogen) atoms. The summed E-state index contributed by atoms with van der Waals surface area (Å²) in [5.74, 6) is 2.05. The number of carbonyl (C=O) groups is 1. The molecule has 2 saturated heterocycles. The summed E-state index contributed by atoms with van der Waals surface area (Å²) >= 11 is 0. The molecule has 1 atom stereocenters. The van der Waals surface area contributed by atoms with Crippen molar-refractivity contribution in [2.75, 3.05) is 37.7 Å². The predicted octanol–water partition coefficient (Wildman–Crippen LogP) is 1.15. The van der Waals surface area contributed by atoms with Gasteiger partial charge < -0.3 is 9.32 Å². The molecule has 0 aliphatic carbocycles. The number of sulfone groups is 1. The van der Waals surface area contributed by atoms with E-state index in [4.69, 9.17) is 4.42 Å². The first-order valence-electron chi connectivity index (χ1n) is 8.09.